The minimum absolute atomic E-state index is 0.0199. The van der Waals surface area contributed by atoms with E-state index in [1.54, 1.807) is 25.3 Å². The summed E-state index contributed by atoms with van der Waals surface area (Å²) in [6.07, 6.45) is 7.82. The zero-order valence-electron chi connectivity index (χ0n) is 19.9. The van der Waals surface area contributed by atoms with Gasteiger partial charge in [-0.2, -0.15) is 0 Å². The van der Waals surface area contributed by atoms with Crippen LogP contribution in [0.2, 0.25) is 0 Å². The highest BCUT2D eigenvalue weighted by molar-refractivity contribution is 5.94. The molecule has 1 amide bonds. The first-order valence-electron chi connectivity index (χ1n) is 12.1. The zero-order valence-corrected chi connectivity index (χ0v) is 19.9. The highest BCUT2D eigenvalue weighted by atomic mass is 19.1. The van der Waals surface area contributed by atoms with Crippen molar-refractivity contribution in [3.8, 4) is 11.8 Å². The summed E-state index contributed by atoms with van der Waals surface area (Å²) < 4.78 is 13.9. The summed E-state index contributed by atoms with van der Waals surface area (Å²) in [6, 6.07) is 10.6. The highest BCUT2D eigenvalue weighted by Crippen LogP contribution is 2.56. The topological polar surface area (TPSA) is 54.9 Å². The number of amides is 1. The normalized spacial score (nSPS) is 23.9. The molecule has 0 bridgehead atoms. The molecule has 0 aliphatic heterocycles. The molecule has 2 heterocycles. The van der Waals surface area contributed by atoms with Crippen LogP contribution in [0.15, 0.2) is 48.8 Å². The molecule has 2 saturated carbocycles. The Labute approximate surface area is 200 Å². The largest absolute Gasteiger partial charge is 0.310 e. The van der Waals surface area contributed by atoms with Gasteiger partial charge in [0.25, 0.3) is 0 Å². The average molecular weight is 456 g/mol. The second-order valence-corrected chi connectivity index (χ2v) is 10.4. The Morgan fingerprint density at radius 3 is 2.50 bits per heavy atom. The molecule has 4 atom stereocenters. The predicted molar refractivity (Wildman–Crippen MR) is 133 cm³/mol. The van der Waals surface area contributed by atoms with E-state index in [9.17, 15) is 9.18 Å². The molecule has 0 spiro atoms. The van der Waals surface area contributed by atoms with Gasteiger partial charge in [0.05, 0.1) is 5.52 Å². The molecule has 2 aliphatic rings. The van der Waals surface area contributed by atoms with Crippen LogP contribution in [0.1, 0.15) is 63.5 Å². The van der Waals surface area contributed by atoms with E-state index in [1.165, 1.54) is 11.6 Å². The predicted octanol–water partition coefficient (Wildman–Crippen LogP) is 6.33. The Hall–Kier alpha value is -3.26. The van der Waals surface area contributed by atoms with E-state index in [-0.39, 0.29) is 11.7 Å². The van der Waals surface area contributed by atoms with Gasteiger partial charge in [0, 0.05) is 28.8 Å². The standard InChI is InChI=1S/C29H30FN3O/c1-4-5-18-6-9-27(32-17-18)33-28(34)29(2,3)22-14-19-12-21(13-20(19)15-22)24-10-11-31-26-8-7-23(30)16-25(24)26/h6-11,16-17,19-22H,12-15H2,1-3H3,(H,32,33,34)/t19-,20+,21?,22?. The maximum absolute atomic E-state index is 13.9. The van der Waals surface area contributed by atoms with Crippen LogP contribution in [0, 0.1) is 40.8 Å². The second kappa shape index (κ2) is 8.83. The van der Waals surface area contributed by atoms with Crippen LogP contribution in [0.4, 0.5) is 10.2 Å². The first kappa shape index (κ1) is 22.5. The van der Waals surface area contributed by atoms with Crippen LogP contribution in [0.3, 0.4) is 0 Å². The summed E-state index contributed by atoms with van der Waals surface area (Å²) in [5.41, 5.74) is 2.43. The monoisotopic (exact) mass is 455 g/mol. The van der Waals surface area contributed by atoms with Crippen molar-refractivity contribution in [2.45, 2.75) is 52.4 Å². The number of carbonyl (C=O) groups excluding carboxylic acids is 1. The van der Waals surface area contributed by atoms with E-state index in [2.05, 4.69) is 47.0 Å². The molecule has 2 aliphatic carbocycles. The number of aromatic nitrogens is 2. The summed E-state index contributed by atoms with van der Waals surface area (Å²) in [5.74, 6) is 8.15. The van der Waals surface area contributed by atoms with E-state index >= 15 is 0 Å². The lowest BCUT2D eigenvalue weighted by Gasteiger charge is -2.31. The maximum Gasteiger partial charge on any atom is 0.231 e. The Balaban J connectivity index is 1.25. The summed E-state index contributed by atoms with van der Waals surface area (Å²) in [4.78, 5) is 22.0. The van der Waals surface area contributed by atoms with E-state index in [0.717, 1.165) is 42.1 Å². The van der Waals surface area contributed by atoms with Crippen molar-refractivity contribution < 1.29 is 9.18 Å². The third-order valence-electron chi connectivity index (χ3n) is 8.07. The summed E-state index contributed by atoms with van der Waals surface area (Å²) in [7, 11) is 0. The van der Waals surface area contributed by atoms with Crippen LogP contribution in [-0.4, -0.2) is 15.9 Å². The Bertz CT molecular complexity index is 1270. The van der Waals surface area contributed by atoms with E-state index in [4.69, 9.17) is 0 Å². The smallest absolute Gasteiger partial charge is 0.231 e. The first-order chi connectivity index (χ1) is 16.3. The van der Waals surface area contributed by atoms with E-state index in [1.807, 2.05) is 18.3 Å². The molecule has 2 unspecified atom stereocenters. The molecular formula is C29H30FN3O. The van der Waals surface area contributed by atoms with Crippen molar-refractivity contribution >= 4 is 22.6 Å². The molecule has 2 fully saturated rings. The fraction of sp³-hybridized carbons (Fsp3) is 0.414. The lowest BCUT2D eigenvalue weighted by molar-refractivity contribution is -0.126. The van der Waals surface area contributed by atoms with Crippen molar-refractivity contribution in [1.29, 1.82) is 0 Å². The fourth-order valence-electron chi connectivity index (χ4n) is 6.10. The van der Waals surface area contributed by atoms with Gasteiger partial charge >= 0.3 is 0 Å². The van der Waals surface area contributed by atoms with Gasteiger partial charge in [0.1, 0.15) is 11.6 Å². The van der Waals surface area contributed by atoms with Crippen LogP contribution in [0.25, 0.3) is 10.9 Å². The first-order valence-corrected chi connectivity index (χ1v) is 12.1. The minimum Gasteiger partial charge on any atom is -0.310 e. The Morgan fingerprint density at radius 1 is 1.06 bits per heavy atom. The van der Waals surface area contributed by atoms with Crippen LogP contribution in [-0.2, 0) is 4.79 Å². The van der Waals surface area contributed by atoms with Gasteiger partial charge in [-0.05, 0) is 98.2 Å². The highest BCUT2D eigenvalue weighted by Gasteiger charge is 2.49. The van der Waals surface area contributed by atoms with Crippen molar-refractivity contribution in [1.82, 2.24) is 9.97 Å². The van der Waals surface area contributed by atoms with E-state index in [0.29, 0.717) is 29.5 Å². The molecule has 34 heavy (non-hydrogen) atoms. The van der Waals surface area contributed by atoms with Gasteiger partial charge in [0.2, 0.25) is 5.91 Å². The third kappa shape index (κ3) is 4.18. The molecular weight excluding hydrogens is 425 g/mol. The molecule has 1 N–H and O–H groups in total. The quantitative estimate of drug-likeness (QED) is 0.468. The Morgan fingerprint density at radius 2 is 1.82 bits per heavy atom. The number of fused-ring (bicyclic) bond motifs is 2. The number of hydrogen-bond acceptors (Lipinski definition) is 3. The molecule has 3 aromatic rings. The molecule has 0 saturated heterocycles. The molecule has 5 heteroatoms. The van der Waals surface area contributed by atoms with Crippen molar-refractivity contribution in [3.05, 3.63) is 65.7 Å². The lowest BCUT2D eigenvalue weighted by atomic mass is 9.75. The Kier molecular flexibility index (Phi) is 5.85. The molecule has 5 rings (SSSR count). The maximum atomic E-state index is 13.9. The molecule has 0 radical (unpaired) electrons. The zero-order chi connectivity index (χ0) is 23.9. The second-order valence-electron chi connectivity index (χ2n) is 10.4. The number of halogens is 1. The SMILES string of the molecule is CC#Cc1ccc(NC(=O)C(C)(C)C2C[C@H]3CC(c4ccnc5ccc(F)cc45)C[C@H]3C2)nc1. The lowest BCUT2D eigenvalue weighted by Crippen LogP contribution is -2.37. The average Bonchev–Trinajstić information content (AvgIpc) is 3.40. The van der Waals surface area contributed by atoms with Gasteiger partial charge in [-0.3, -0.25) is 9.78 Å². The van der Waals surface area contributed by atoms with Crippen LogP contribution < -0.4 is 5.32 Å². The summed E-state index contributed by atoms with van der Waals surface area (Å²) in [5, 5.41) is 3.95. The molecule has 174 valence electrons. The number of hydrogen-bond donors (Lipinski definition) is 1. The van der Waals surface area contributed by atoms with Crippen LogP contribution >= 0.6 is 0 Å². The summed E-state index contributed by atoms with van der Waals surface area (Å²) >= 11 is 0. The van der Waals surface area contributed by atoms with Gasteiger partial charge in [-0.15, -0.1) is 5.92 Å². The van der Waals surface area contributed by atoms with Crippen molar-refractivity contribution in [2.24, 2.45) is 23.2 Å². The summed E-state index contributed by atoms with van der Waals surface area (Å²) in [6.45, 7) is 5.90. The third-order valence-corrected chi connectivity index (χ3v) is 8.07. The minimum atomic E-state index is -0.476. The van der Waals surface area contributed by atoms with Crippen molar-refractivity contribution in [3.63, 3.8) is 0 Å². The number of nitrogens with one attached hydrogen (secondary N) is 1. The molecule has 4 nitrogen and oxygen atoms in total. The van der Waals surface area contributed by atoms with Crippen molar-refractivity contribution in [2.75, 3.05) is 5.32 Å². The number of benzene rings is 1. The number of pyridine rings is 2. The number of anilines is 1. The number of nitrogens with zero attached hydrogens (tertiary/aromatic N) is 2. The van der Waals surface area contributed by atoms with Gasteiger partial charge in [-0.1, -0.05) is 19.8 Å². The van der Waals surface area contributed by atoms with Gasteiger partial charge in [0.15, 0.2) is 0 Å². The van der Waals surface area contributed by atoms with Crippen LogP contribution in [0.5, 0.6) is 0 Å². The fourth-order valence-corrected chi connectivity index (χ4v) is 6.10. The van der Waals surface area contributed by atoms with E-state index < -0.39 is 5.41 Å². The van der Waals surface area contributed by atoms with Gasteiger partial charge in [-0.25, -0.2) is 9.37 Å². The molecule has 2 aromatic heterocycles. The number of carbonyl (C=O) groups is 1. The van der Waals surface area contributed by atoms with Gasteiger partial charge < -0.3 is 5.32 Å². The number of rotatable bonds is 4. The molecule has 1 aromatic carbocycles.